The van der Waals surface area contributed by atoms with Crippen molar-refractivity contribution in [2.75, 3.05) is 6.54 Å². The maximum Gasteiger partial charge on any atom is 0.407 e. The summed E-state index contributed by atoms with van der Waals surface area (Å²) in [6.07, 6.45) is 2.37. The van der Waals surface area contributed by atoms with Crippen LogP contribution in [0.2, 0.25) is 13.1 Å². The standard InChI is InChI=1S/C21H27BNO3/c1-17(15-22-2)26-20-13-7-6-11-19(20)12-8-14-23-21(24)25-16-18-9-4-3-5-10-18/h3-7,9-11,13,17H,8,12,14-16H2,1-2H3,(H,23,24)/t17-/m1/s1. The summed E-state index contributed by atoms with van der Waals surface area (Å²) in [4.78, 5) is 11.8. The molecule has 0 saturated heterocycles. The molecule has 0 unspecified atom stereocenters. The Balaban J connectivity index is 1.70. The number of rotatable bonds is 10. The van der Waals surface area contributed by atoms with Gasteiger partial charge in [0.1, 0.15) is 19.6 Å². The van der Waals surface area contributed by atoms with Crippen LogP contribution in [-0.2, 0) is 17.8 Å². The molecule has 137 valence electrons. The van der Waals surface area contributed by atoms with Crippen molar-refractivity contribution in [2.45, 2.75) is 45.6 Å². The van der Waals surface area contributed by atoms with Gasteiger partial charge in [0.15, 0.2) is 0 Å². The zero-order valence-corrected chi connectivity index (χ0v) is 15.6. The molecule has 2 aromatic carbocycles. The molecule has 1 N–H and O–H groups in total. The molecule has 2 aromatic rings. The number of aryl methyl sites for hydroxylation is 1. The fourth-order valence-electron chi connectivity index (χ4n) is 2.67. The van der Waals surface area contributed by atoms with Crippen molar-refractivity contribution < 1.29 is 14.3 Å². The van der Waals surface area contributed by atoms with E-state index in [0.29, 0.717) is 6.54 Å². The lowest BCUT2D eigenvalue weighted by atomic mass is 9.76. The van der Waals surface area contributed by atoms with Gasteiger partial charge in [-0.3, -0.25) is 0 Å². The Morgan fingerprint density at radius 1 is 1.12 bits per heavy atom. The van der Waals surface area contributed by atoms with Crippen LogP contribution >= 0.6 is 0 Å². The minimum absolute atomic E-state index is 0.159. The number of nitrogens with one attached hydrogen (secondary N) is 1. The molecule has 0 aliphatic carbocycles. The normalized spacial score (nSPS) is 11.5. The van der Waals surface area contributed by atoms with Crippen LogP contribution in [0.5, 0.6) is 5.75 Å². The molecule has 0 spiro atoms. The predicted molar refractivity (Wildman–Crippen MR) is 106 cm³/mol. The fourth-order valence-corrected chi connectivity index (χ4v) is 2.67. The van der Waals surface area contributed by atoms with Gasteiger partial charge in [0.05, 0.1) is 6.10 Å². The number of amides is 1. The number of carbonyl (C=O) groups excluding carboxylic acids is 1. The zero-order valence-electron chi connectivity index (χ0n) is 15.6. The van der Waals surface area contributed by atoms with Crippen LogP contribution in [-0.4, -0.2) is 26.0 Å². The number of ether oxygens (including phenoxy) is 2. The van der Waals surface area contributed by atoms with Crippen LogP contribution in [0.15, 0.2) is 54.6 Å². The van der Waals surface area contributed by atoms with Crippen molar-refractivity contribution in [1.29, 1.82) is 0 Å². The van der Waals surface area contributed by atoms with E-state index in [1.807, 2.05) is 55.4 Å². The van der Waals surface area contributed by atoms with Crippen molar-refractivity contribution in [3.8, 4) is 5.75 Å². The first-order valence-corrected chi connectivity index (χ1v) is 9.16. The predicted octanol–water partition coefficient (Wildman–Crippen LogP) is 4.48. The Kier molecular flexibility index (Phi) is 8.60. The molecule has 0 heterocycles. The molecule has 0 aromatic heterocycles. The number of hydrogen-bond acceptors (Lipinski definition) is 3. The molecule has 0 aliphatic heterocycles. The zero-order chi connectivity index (χ0) is 18.6. The quantitative estimate of drug-likeness (QED) is 0.506. The van der Waals surface area contributed by atoms with E-state index < -0.39 is 0 Å². The third kappa shape index (κ3) is 7.22. The SMILES string of the molecule is C[B]C[C@@H](C)Oc1ccccc1CCCNC(=O)OCc1ccccc1. The highest BCUT2D eigenvalue weighted by atomic mass is 16.5. The summed E-state index contributed by atoms with van der Waals surface area (Å²) in [7, 11) is 2.11. The molecule has 1 amide bonds. The highest BCUT2D eigenvalue weighted by Crippen LogP contribution is 2.21. The summed E-state index contributed by atoms with van der Waals surface area (Å²) in [6.45, 7) is 4.96. The lowest BCUT2D eigenvalue weighted by molar-refractivity contribution is 0.139. The lowest BCUT2D eigenvalue weighted by Gasteiger charge is -2.17. The summed E-state index contributed by atoms with van der Waals surface area (Å²) >= 11 is 0. The van der Waals surface area contributed by atoms with Crippen LogP contribution in [0.1, 0.15) is 24.5 Å². The highest BCUT2D eigenvalue weighted by Gasteiger charge is 2.08. The monoisotopic (exact) mass is 352 g/mol. The van der Waals surface area contributed by atoms with Gasteiger partial charge in [-0.2, -0.15) is 0 Å². The number of benzene rings is 2. The third-order valence-electron chi connectivity index (χ3n) is 3.97. The molecule has 1 radical (unpaired) electrons. The first-order chi connectivity index (χ1) is 12.7. The van der Waals surface area contributed by atoms with Gasteiger partial charge in [-0.15, -0.1) is 0 Å². The minimum Gasteiger partial charge on any atom is -0.491 e. The maximum atomic E-state index is 11.8. The van der Waals surface area contributed by atoms with Gasteiger partial charge >= 0.3 is 6.09 Å². The molecule has 0 fully saturated rings. The molecule has 5 heteroatoms. The van der Waals surface area contributed by atoms with E-state index in [2.05, 4.69) is 25.6 Å². The smallest absolute Gasteiger partial charge is 0.407 e. The summed E-state index contributed by atoms with van der Waals surface area (Å²) in [5.74, 6) is 0.925. The fraction of sp³-hybridized carbons (Fsp3) is 0.381. The van der Waals surface area contributed by atoms with Gasteiger partial charge in [-0.1, -0.05) is 55.4 Å². The minimum atomic E-state index is -0.384. The van der Waals surface area contributed by atoms with Gasteiger partial charge in [-0.05, 0) is 43.3 Å². The summed E-state index contributed by atoms with van der Waals surface area (Å²) in [6, 6.07) is 17.7. The highest BCUT2D eigenvalue weighted by molar-refractivity contribution is 6.33. The van der Waals surface area contributed by atoms with Crippen molar-refractivity contribution in [3.63, 3.8) is 0 Å². The van der Waals surface area contributed by atoms with Gasteiger partial charge in [0, 0.05) is 6.54 Å². The second kappa shape index (κ2) is 11.2. The summed E-state index contributed by atoms with van der Waals surface area (Å²) in [5, 5.41) is 2.80. The summed E-state index contributed by atoms with van der Waals surface area (Å²) in [5.41, 5.74) is 2.14. The van der Waals surface area contributed by atoms with E-state index in [-0.39, 0.29) is 18.8 Å². The summed E-state index contributed by atoms with van der Waals surface area (Å²) < 4.78 is 11.2. The Morgan fingerprint density at radius 3 is 2.62 bits per heavy atom. The lowest BCUT2D eigenvalue weighted by Crippen LogP contribution is -2.25. The van der Waals surface area contributed by atoms with Crippen LogP contribution in [0.25, 0.3) is 0 Å². The molecule has 26 heavy (non-hydrogen) atoms. The van der Waals surface area contributed by atoms with E-state index in [9.17, 15) is 4.79 Å². The topological polar surface area (TPSA) is 47.6 Å². The van der Waals surface area contributed by atoms with Crippen molar-refractivity contribution in [3.05, 3.63) is 65.7 Å². The average molecular weight is 352 g/mol. The maximum absolute atomic E-state index is 11.8. The number of para-hydroxylation sites is 1. The van der Waals surface area contributed by atoms with E-state index >= 15 is 0 Å². The molecule has 0 bridgehead atoms. The van der Waals surface area contributed by atoms with Gasteiger partial charge in [0.2, 0.25) is 0 Å². The third-order valence-corrected chi connectivity index (χ3v) is 3.97. The van der Waals surface area contributed by atoms with E-state index in [0.717, 1.165) is 36.0 Å². The Hall–Kier alpha value is -2.43. The second-order valence-electron chi connectivity index (χ2n) is 6.27. The Labute approximate surface area is 157 Å². The van der Waals surface area contributed by atoms with Crippen molar-refractivity contribution in [1.82, 2.24) is 5.32 Å². The number of carbonyl (C=O) groups is 1. The largest absolute Gasteiger partial charge is 0.491 e. The average Bonchev–Trinajstić information content (AvgIpc) is 2.66. The van der Waals surface area contributed by atoms with Crippen molar-refractivity contribution in [2.24, 2.45) is 0 Å². The Bertz CT molecular complexity index is 663. The number of hydrogen-bond donors (Lipinski definition) is 1. The van der Waals surface area contributed by atoms with Crippen LogP contribution in [0.3, 0.4) is 0 Å². The van der Waals surface area contributed by atoms with Crippen LogP contribution < -0.4 is 10.1 Å². The molecule has 0 aliphatic rings. The molecular formula is C21H27BNO3. The van der Waals surface area contributed by atoms with Crippen molar-refractivity contribution >= 4 is 13.4 Å². The number of alkyl carbamates (subject to hydrolysis) is 1. The van der Waals surface area contributed by atoms with E-state index in [1.165, 1.54) is 0 Å². The Morgan fingerprint density at radius 2 is 1.85 bits per heavy atom. The first-order valence-electron chi connectivity index (χ1n) is 9.16. The van der Waals surface area contributed by atoms with Gasteiger partial charge < -0.3 is 14.8 Å². The molecule has 2 rings (SSSR count). The second-order valence-corrected chi connectivity index (χ2v) is 6.27. The molecule has 1 atom stereocenters. The molecular weight excluding hydrogens is 325 g/mol. The first kappa shape index (κ1) is 19.9. The molecule has 0 saturated carbocycles. The van der Waals surface area contributed by atoms with Crippen LogP contribution in [0, 0.1) is 0 Å². The van der Waals surface area contributed by atoms with E-state index in [1.54, 1.807) is 0 Å². The van der Waals surface area contributed by atoms with Gasteiger partial charge in [0.25, 0.3) is 0 Å². The van der Waals surface area contributed by atoms with Gasteiger partial charge in [-0.25, -0.2) is 4.79 Å². The molecule has 4 nitrogen and oxygen atoms in total. The van der Waals surface area contributed by atoms with E-state index in [4.69, 9.17) is 9.47 Å². The van der Waals surface area contributed by atoms with Crippen LogP contribution in [0.4, 0.5) is 4.79 Å².